The second kappa shape index (κ2) is 4.19. The SMILES string of the molecule is C=CC(F)Sc1ccccc1. The van der Waals surface area contributed by atoms with Crippen molar-refractivity contribution in [2.45, 2.75) is 10.4 Å². The van der Waals surface area contributed by atoms with Crippen molar-refractivity contribution < 1.29 is 4.39 Å². The molecule has 1 rings (SSSR count). The molecule has 0 aliphatic heterocycles. The van der Waals surface area contributed by atoms with E-state index in [1.807, 2.05) is 30.3 Å². The highest BCUT2D eigenvalue weighted by Crippen LogP contribution is 2.23. The Morgan fingerprint density at radius 1 is 1.36 bits per heavy atom. The summed E-state index contributed by atoms with van der Waals surface area (Å²) in [6.07, 6.45) is 1.29. The fraction of sp³-hybridized carbons (Fsp3) is 0.111. The van der Waals surface area contributed by atoms with Gasteiger partial charge in [-0.05, 0) is 18.2 Å². The number of hydrogen-bond acceptors (Lipinski definition) is 1. The van der Waals surface area contributed by atoms with Crippen LogP contribution in [-0.2, 0) is 0 Å². The van der Waals surface area contributed by atoms with Crippen molar-refractivity contribution in [2.75, 3.05) is 0 Å². The number of halogens is 1. The standard InChI is InChI=1S/C9H9FS/c1-2-9(10)11-8-6-4-3-5-7-8/h2-7,9H,1H2. The summed E-state index contributed by atoms with van der Waals surface area (Å²) in [5, 5.41) is 0. The minimum Gasteiger partial charge on any atom is -0.231 e. The lowest BCUT2D eigenvalue weighted by molar-refractivity contribution is 0.521. The van der Waals surface area contributed by atoms with Crippen molar-refractivity contribution in [3.05, 3.63) is 43.0 Å². The van der Waals surface area contributed by atoms with Gasteiger partial charge in [-0.1, -0.05) is 36.5 Å². The van der Waals surface area contributed by atoms with E-state index in [2.05, 4.69) is 6.58 Å². The topological polar surface area (TPSA) is 0 Å². The van der Waals surface area contributed by atoms with Crippen LogP contribution in [0.4, 0.5) is 4.39 Å². The normalized spacial score (nSPS) is 12.5. The molecule has 58 valence electrons. The smallest absolute Gasteiger partial charge is 0.168 e. The highest BCUT2D eigenvalue weighted by Gasteiger charge is 2.00. The summed E-state index contributed by atoms with van der Waals surface area (Å²) in [7, 11) is 0. The molecule has 0 spiro atoms. The molecule has 0 nitrogen and oxygen atoms in total. The van der Waals surface area contributed by atoms with Gasteiger partial charge in [-0.15, -0.1) is 0 Å². The Kier molecular flexibility index (Phi) is 3.17. The molecule has 0 aliphatic carbocycles. The van der Waals surface area contributed by atoms with Gasteiger partial charge in [-0.25, -0.2) is 4.39 Å². The van der Waals surface area contributed by atoms with E-state index in [4.69, 9.17) is 0 Å². The van der Waals surface area contributed by atoms with Crippen molar-refractivity contribution in [2.24, 2.45) is 0 Å². The third-order valence-corrected chi connectivity index (χ3v) is 2.14. The van der Waals surface area contributed by atoms with Gasteiger partial charge in [0.2, 0.25) is 0 Å². The van der Waals surface area contributed by atoms with Gasteiger partial charge in [0, 0.05) is 4.90 Å². The number of hydrogen-bond donors (Lipinski definition) is 0. The Balaban J connectivity index is 2.57. The molecule has 0 saturated heterocycles. The molecule has 1 aromatic rings. The first-order chi connectivity index (χ1) is 5.33. The molecule has 0 radical (unpaired) electrons. The minimum atomic E-state index is -1.00. The third-order valence-electron chi connectivity index (χ3n) is 1.18. The summed E-state index contributed by atoms with van der Waals surface area (Å²) in [6.45, 7) is 3.36. The summed E-state index contributed by atoms with van der Waals surface area (Å²) < 4.78 is 12.7. The quantitative estimate of drug-likeness (QED) is 0.493. The molecular weight excluding hydrogens is 159 g/mol. The first-order valence-corrected chi connectivity index (χ1v) is 4.19. The zero-order valence-electron chi connectivity index (χ0n) is 6.03. The third kappa shape index (κ3) is 2.76. The van der Waals surface area contributed by atoms with Crippen molar-refractivity contribution in [3.63, 3.8) is 0 Å². The molecule has 11 heavy (non-hydrogen) atoms. The van der Waals surface area contributed by atoms with Crippen molar-refractivity contribution in [1.29, 1.82) is 0 Å². The minimum absolute atomic E-state index is 0.930. The Bertz CT molecular complexity index is 220. The highest BCUT2D eigenvalue weighted by atomic mass is 32.2. The number of thioether (sulfide) groups is 1. The number of rotatable bonds is 3. The van der Waals surface area contributed by atoms with Crippen LogP contribution >= 0.6 is 11.8 Å². The molecule has 0 N–H and O–H groups in total. The lowest BCUT2D eigenvalue weighted by atomic mass is 10.4. The molecule has 2 heteroatoms. The average Bonchev–Trinajstić information content (AvgIpc) is 2.06. The largest absolute Gasteiger partial charge is 0.231 e. The molecule has 0 aromatic heterocycles. The summed E-state index contributed by atoms with van der Waals surface area (Å²) in [6, 6.07) is 9.43. The van der Waals surface area contributed by atoms with Gasteiger partial charge in [0.25, 0.3) is 0 Å². The molecule has 0 aliphatic rings. The van der Waals surface area contributed by atoms with Gasteiger partial charge in [-0.3, -0.25) is 0 Å². The molecule has 0 saturated carbocycles. The number of alkyl halides is 1. The van der Waals surface area contributed by atoms with Gasteiger partial charge in [0.05, 0.1) is 0 Å². The van der Waals surface area contributed by atoms with E-state index >= 15 is 0 Å². The fourth-order valence-electron chi connectivity index (χ4n) is 0.677. The highest BCUT2D eigenvalue weighted by molar-refractivity contribution is 8.00. The molecule has 0 fully saturated rings. The maximum absolute atomic E-state index is 12.7. The monoisotopic (exact) mass is 168 g/mol. The van der Waals surface area contributed by atoms with Crippen molar-refractivity contribution >= 4 is 11.8 Å². The van der Waals surface area contributed by atoms with Gasteiger partial charge in [0.1, 0.15) is 0 Å². The predicted octanol–water partition coefficient (Wildman–Crippen LogP) is 3.26. The first-order valence-electron chi connectivity index (χ1n) is 3.31. The predicted molar refractivity (Wildman–Crippen MR) is 47.4 cm³/mol. The Morgan fingerprint density at radius 3 is 2.55 bits per heavy atom. The van der Waals surface area contributed by atoms with E-state index < -0.39 is 5.50 Å². The van der Waals surface area contributed by atoms with E-state index in [0.717, 1.165) is 16.7 Å². The molecule has 0 amide bonds. The van der Waals surface area contributed by atoms with Crippen LogP contribution in [0.5, 0.6) is 0 Å². The lowest BCUT2D eigenvalue weighted by Crippen LogP contribution is -1.84. The molecular formula is C9H9FS. The zero-order valence-corrected chi connectivity index (χ0v) is 6.85. The summed E-state index contributed by atoms with van der Waals surface area (Å²) >= 11 is 1.16. The van der Waals surface area contributed by atoms with E-state index in [-0.39, 0.29) is 0 Å². The molecule has 1 aromatic carbocycles. The second-order valence-electron chi connectivity index (χ2n) is 2.02. The Hall–Kier alpha value is -0.760. The molecule has 1 atom stereocenters. The van der Waals surface area contributed by atoms with Gasteiger partial charge in [0.15, 0.2) is 5.50 Å². The molecule has 0 heterocycles. The van der Waals surface area contributed by atoms with Crippen LogP contribution in [-0.4, -0.2) is 5.50 Å². The average molecular weight is 168 g/mol. The Morgan fingerprint density at radius 2 is 2.00 bits per heavy atom. The van der Waals surface area contributed by atoms with Gasteiger partial charge in [-0.2, -0.15) is 0 Å². The maximum Gasteiger partial charge on any atom is 0.168 e. The fourth-order valence-corrected chi connectivity index (χ4v) is 1.35. The first kappa shape index (κ1) is 8.34. The van der Waals surface area contributed by atoms with Crippen LogP contribution < -0.4 is 0 Å². The van der Waals surface area contributed by atoms with Crippen LogP contribution in [0.15, 0.2) is 47.9 Å². The van der Waals surface area contributed by atoms with E-state index in [1.165, 1.54) is 6.08 Å². The number of benzene rings is 1. The maximum atomic E-state index is 12.7. The van der Waals surface area contributed by atoms with Crippen LogP contribution in [0.2, 0.25) is 0 Å². The van der Waals surface area contributed by atoms with Gasteiger partial charge < -0.3 is 0 Å². The summed E-state index contributed by atoms with van der Waals surface area (Å²) in [5.74, 6) is 0. The zero-order chi connectivity index (χ0) is 8.10. The molecule has 1 unspecified atom stereocenters. The van der Waals surface area contributed by atoms with Crippen LogP contribution in [0.25, 0.3) is 0 Å². The van der Waals surface area contributed by atoms with Crippen molar-refractivity contribution in [3.8, 4) is 0 Å². The van der Waals surface area contributed by atoms with Crippen LogP contribution in [0, 0.1) is 0 Å². The molecule has 0 bridgehead atoms. The summed E-state index contributed by atoms with van der Waals surface area (Å²) in [5.41, 5.74) is -1.00. The van der Waals surface area contributed by atoms with E-state index in [0.29, 0.717) is 0 Å². The lowest BCUT2D eigenvalue weighted by Gasteiger charge is -2.00. The van der Waals surface area contributed by atoms with Crippen molar-refractivity contribution in [1.82, 2.24) is 0 Å². The van der Waals surface area contributed by atoms with E-state index in [9.17, 15) is 4.39 Å². The van der Waals surface area contributed by atoms with E-state index in [1.54, 1.807) is 0 Å². The second-order valence-corrected chi connectivity index (χ2v) is 3.18. The Labute approximate surface area is 70.1 Å². The van der Waals surface area contributed by atoms with Gasteiger partial charge >= 0.3 is 0 Å². The van der Waals surface area contributed by atoms with Crippen LogP contribution in [0.3, 0.4) is 0 Å². The van der Waals surface area contributed by atoms with Crippen LogP contribution in [0.1, 0.15) is 0 Å². The summed E-state index contributed by atoms with van der Waals surface area (Å²) in [4.78, 5) is 0.930.